The van der Waals surface area contributed by atoms with E-state index in [1.807, 2.05) is 29.0 Å². The van der Waals surface area contributed by atoms with Crippen molar-refractivity contribution < 1.29 is 9.53 Å². The topological polar surface area (TPSA) is 31.2 Å². The maximum absolute atomic E-state index is 12.5. The van der Waals surface area contributed by atoms with Gasteiger partial charge in [0.2, 0.25) is 5.91 Å². The zero-order chi connectivity index (χ0) is 26.3. The zero-order valence-electron chi connectivity index (χ0n) is 22.2. The van der Waals surface area contributed by atoms with Crippen LogP contribution in [0.25, 0.3) is 10.9 Å². The molecule has 0 aliphatic heterocycles. The number of nitrogens with zero attached hydrogens (tertiary/aromatic N) is 1. The molecule has 0 saturated heterocycles. The van der Waals surface area contributed by atoms with Crippen LogP contribution in [-0.4, -0.2) is 10.5 Å². The number of aromatic nitrogens is 1. The van der Waals surface area contributed by atoms with Gasteiger partial charge in [0.15, 0.2) is 0 Å². The fourth-order valence-corrected chi connectivity index (χ4v) is 6.60. The molecule has 0 amide bonds. The molecule has 0 N–H and O–H groups in total. The van der Waals surface area contributed by atoms with Crippen molar-refractivity contribution in [3.05, 3.63) is 143 Å². The number of hydrogen-bond donors (Lipinski definition) is 0. The van der Waals surface area contributed by atoms with Crippen molar-refractivity contribution in [3.63, 3.8) is 0 Å². The van der Waals surface area contributed by atoms with Crippen LogP contribution in [0.2, 0.25) is 0 Å². The highest BCUT2D eigenvalue weighted by Gasteiger charge is 2.39. The molecule has 0 saturated carbocycles. The van der Waals surface area contributed by atoms with E-state index in [0.717, 1.165) is 34.0 Å². The average molecular weight is 500 g/mol. The van der Waals surface area contributed by atoms with Crippen LogP contribution < -0.4 is 0 Å². The number of fused-ring (bicyclic) bond motifs is 3. The smallest absolute Gasteiger partial charge is 0.227 e. The first-order valence-corrected chi connectivity index (χ1v) is 13.5. The van der Waals surface area contributed by atoms with Gasteiger partial charge in [0.25, 0.3) is 0 Å². The number of carbonyl (C=O) groups excluding carboxylic acids is 1. The minimum absolute atomic E-state index is 0.0502. The van der Waals surface area contributed by atoms with E-state index < -0.39 is 5.60 Å². The first kappa shape index (κ1) is 24.4. The Morgan fingerprint density at radius 2 is 1.29 bits per heavy atom. The van der Waals surface area contributed by atoms with Crippen molar-refractivity contribution in [2.24, 2.45) is 0 Å². The molecule has 6 rings (SSSR count). The van der Waals surface area contributed by atoms with Gasteiger partial charge in [0.1, 0.15) is 5.60 Å². The van der Waals surface area contributed by atoms with Crippen molar-refractivity contribution in [2.45, 2.75) is 51.2 Å². The summed E-state index contributed by atoms with van der Waals surface area (Å²) >= 11 is 0. The summed E-state index contributed by atoms with van der Waals surface area (Å²) < 4.78 is 9.03. The van der Waals surface area contributed by atoms with Crippen molar-refractivity contribution in [2.75, 3.05) is 0 Å². The monoisotopic (exact) mass is 499 g/mol. The Bertz CT molecular complexity index is 1490. The normalized spacial score (nSPS) is 17.0. The van der Waals surface area contributed by atoms with Gasteiger partial charge in [-0.15, -0.1) is 0 Å². The fourth-order valence-electron chi connectivity index (χ4n) is 6.60. The van der Waals surface area contributed by atoms with Gasteiger partial charge < -0.3 is 4.74 Å². The van der Waals surface area contributed by atoms with Crippen molar-refractivity contribution >= 4 is 16.8 Å². The summed E-state index contributed by atoms with van der Waals surface area (Å²) in [6.45, 7) is 6.68. The van der Waals surface area contributed by atoms with Gasteiger partial charge in [-0.2, -0.15) is 0 Å². The molecule has 3 nitrogen and oxygen atoms in total. The lowest BCUT2D eigenvalue weighted by molar-refractivity contribution is -0.0000957. The molecule has 0 bridgehead atoms. The van der Waals surface area contributed by atoms with Crippen LogP contribution in [0.4, 0.5) is 0 Å². The standard InChI is InChI=1S/C35H33NO2/c1-24-21-25(2)33-32(24)28(22-27-19-20-36(26(3)37)34(27)33)23-38-35(29-13-7-4-8-14-29,30-15-9-5-10-16-30)31-17-11-6-12-18-31/h4-20,22,24-25H,21,23H2,1-3H3/t24-,25+/m1/s1. The number of carbonyl (C=O) groups is 1. The predicted molar refractivity (Wildman–Crippen MR) is 154 cm³/mol. The fraction of sp³-hybridized carbons (Fsp3) is 0.229. The SMILES string of the molecule is CC(=O)n1ccc2cc(COC(c3ccccc3)(c3ccccc3)c3ccccc3)c3c(c21)[C@@H](C)C[C@H]3C. The lowest BCUT2D eigenvalue weighted by Gasteiger charge is -2.36. The maximum atomic E-state index is 12.5. The molecule has 1 aliphatic carbocycles. The molecule has 4 aromatic carbocycles. The number of rotatable bonds is 6. The second-order valence-corrected chi connectivity index (χ2v) is 10.6. The Hall–Kier alpha value is -3.95. The molecule has 38 heavy (non-hydrogen) atoms. The van der Waals surface area contributed by atoms with Crippen LogP contribution in [0.5, 0.6) is 0 Å². The summed E-state index contributed by atoms with van der Waals surface area (Å²) in [4.78, 5) is 12.5. The van der Waals surface area contributed by atoms with Crippen molar-refractivity contribution in [1.29, 1.82) is 0 Å². The Kier molecular flexibility index (Phi) is 6.25. The van der Waals surface area contributed by atoms with Crippen LogP contribution >= 0.6 is 0 Å². The third-order valence-electron chi connectivity index (χ3n) is 8.16. The largest absolute Gasteiger partial charge is 0.356 e. The third kappa shape index (κ3) is 3.90. The first-order valence-electron chi connectivity index (χ1n) is 13.5. The minimum atomic E-state index is -0.773. The molecule has 190 valence electrons. The minimum Gasteiger partial charge on any atom is -0.356 e. The number of ether oxygens (including phenoxy) is 1. The van der Waals surface area contributed by atoms with Gasteiger partial charge in [-0.1, -0.05) is 105 Å². The Morgan fingerprint density at radius 1 is 0.789 bits per heavy atom. The summed E-state index contributed by atoms with van der Waals surface area (Å²) in [6, 6.07) is 35.9. The molecule has 3 heteroatoms. The van der Waals surface area contributed by atoms with Gasteiger partial charge in [0.05, 0.1) is 12.1 Å². The summed E-state index contributed by atoms with van der Waals surface area (Å²) in [6.07, 6.45) is 2.99. The van der Waals surface area contributed by atoms with Gasteiger partial charge in [-0.05, 0) is 63.8 Å². The van der Waals surface area contributed by atoms with Crippen molar-refractivity contribution in [1.82, 2.24) is 4.57 Å². The Balaban J connectivity index is 1.54. The molecule has 2 atom stereocenters. The highest BCUT2D eigenvalue weighted by Crippen LogP contribution is 2.48. The molecular weight excluding hydrogens is 466 g/mol. The summed E-state index contributed by atoms with van der Waals surface area (Å²) in [5, 5.41) is 1.10. The summed E-state index contributed by atoms with van der Waals surface area (Å²) in [7, 11) is 0. The highest BCUT2D eigenvalue weighted by atomic mass is 16.5. The molecule has 1 heterocycles. The third-order valence-corrected chi connectivity index (χ3v) is 8.16. The van der Waals surface area contributed by atoms with Gasteiger partial charge in [0, 0.05) is 18.5 Å². The predicted octanol–water partition coefficient (Wildman–Crippen LogP) is 8.42. The van der Waals surface area contributed by atoms with Crippen LogP contribution in [0, 0.1) is 0 Å². The zero-order valence-corrected chi connectivity index (χ0v) is 22.2. The second kappa shape index (κ2) is 9.74. The van der Waals surface area contributed by atoms with E-state index in [1.165, 1.54) is 16.7 Å². The highest BCUT2D eigenvalue weighted by molar-refractivity contribution is 5.95. The van der Waals surface area contributed by atoms with E-state index in [1.54, 1.807) is 6.92 Å². The van der Waals surface area contributed by atoms with Gasteiger partial charge >= 0.3 is 0 Å². The number of hydrogen-bond acceptors (Lipinski definition) is 2. The van der Waals surface area contributed by atoms with E-state index in [9.17, 15) is 4.79 Å². The summed E-state index contributed by atoms with van der Waals surface area (Å²) in [5.74, 6) is 0.838. The Labute approximate surface area is 224 Å². The average Bonchev–Trinajstić information content (AvgIpc) is 3.51. The molecule has 0 radical (unpaired) electrons. The molecular formula is C35H33NO2. The van der Waals surface area contributed by atoms with E-state index in [4.69, 9.17) is 4.74 Å². The van der Waals surface area contributed by atoms with Crippen LogP contribution in [-0.2, 0) is 16.9 Å². The maximum Gasteiger partial charge on any atom is 0.227 e. The van der Waals surface area contributed by atoms with Crippen LogP contribution in [0.15, 0.2) is 109 Å². The summed E-state index contributed by atoms with van der Waals surface area (Å²) in [5.41, 5.74) is 7.43. The van der Waals surface area contributed by atoms with E-state index in [2.05, 4.69) is 98.8 Å². The Morgan fingerprint density at radius 3 is 1.79 bits per heavy atom. The van der Waals surface area contributed by atoms with E-state index in [-0.39, 0.29) is 5.91 Å². The van der Waals surface area contributed by atoms with Crippen LogP contribution in [0.1, 0.15) is 77.2 Å². The van der Waals surface area contributed by atoms with E-state index in [0.29, 0.717) is 18.4 Å². The molecule has 0 fully saturated rings. The molecule has 0 unspecified atom stereocenters. The molecule has 0 spiro atoms. The molecule has 5 aromatic rings. The van der Waals surface area contributed by atoms with E-state index >= 15 is 0 Å². The lowest BCUT2D eigenvalue weighted by Crippen LogP contribution is -2.33. The number of benzene rings is 4. The van der Waals surface area contributed by atoms with Crippen molar-refractivity contribution in [3.8, 4) is 0 Å². The molecule has 1 aliphatic rings. The quantitative estimate of drug-likeness (QED) is 0.220. The van der Waals surface area contributed by atoms with Gasteiger partial charge in [-0.25, -0.2) is 0 Å². The lowest BCUT2D eigenvalue weighted by atomic mass is 9.80. The van der Waals surface area contributed by atoms with Gasteiger partial charge in [-0.3, -0.25) is 9.36 Å². The molecule has 1 aromatic heterocycles. The first-order chi connectivity index (χ1) is 18.5. The van der Waals surface area contributed by atoms with Crippen LogP contribution in [0.3, 0.4) is 0 Å². The second-order valence-electron chi connectivity index (χ2n) is 10.6.